The van der Waals surface area contributed by atoms with Crippen molar-refractivity contribution in [1.82, 2.24) is 15.1 Å². The summed E-state index contributed by atoms with van der Waals surface area (Å²) in [6, 6.07) is 11.1. The first-order valence-electron chi connectivity index (χ1n) is 8.59. The minimum absolute atomic E-state index is 0.270. The van der Waals surface area contributed by atoms with Gasteiger partial charge in [0.1, 0.15) is 0 Å². The van der Waals surface area contributed by atoms with Gasteiger partial charge in [0.25, 0.3) is 0 Å². The second-order valence-corrected chi connectivity index (χ2v) is 6.50. The van der Waals surface area contributed by atoms with Crippen LogP contribution in [0.2, 0.25) is 0 Å². The Labute approximate surface area is 133 Å². The zero-order chi connectivity index (χ0) is 15.2. The summed E-state index contributed by atoms with van der Waals surface area (Å²) in [5, 5.41) is 3.42. The molecule has 1 amide bonds. The van der Waals surface area contributed by atoms with Crippen LogP contribution in [0.25, 0.3) is 0 Å². The molecule has 1 heterocycles. The molecule has 0 bridgehead atoms. The van der Waals surface area contributed by atoms with E-state index in [1.165, 1.54) is 31.2 Å². The lowest BCUT2D eigenvalue weighted by molar-refractivity contribution is -0.132. The fourth-order valence-electron chi connectivity index (χ4n) is 3.47. The second-order valence-electron chi connectivity index (χ2n) is 6.50. The highest BCUT2D eigenvalue weighted by molar-refractivity contribution is 5.78. The van der Waals surface area contributed by atoms with Gasteiger partial charge < -0.3 is 10.2 Å². The van der Waals surface area contributed by atoms with E-state index in [1.807, 2.05) is 4.90 Å². The summed E-state index contributed by atoms with van der Waals surface area (Å²) < 4.78 is 0. The van der Waals surface area contributed by atoms with Crippen LogP contribution >= 0.6 is 0 Å². The number of hydrogen-bond acceptors (Lipinski definition) is 3. The van der Waals surface area contributed by atoms with Gasteiger partial charge in [-0.1, -0.05) is 43.2 Å². The highest BCUT2D eigenvalue weighted by Gasteiger charge is 2.22. The maximum atomic E-state index is 12.3. The number of carbonyl (C=O) groups excluding carboxylic acids is 1. The maximum absolute atomic E-state index is 12.3. The van der Waals surface area contributed by atoms with E-state index >= 15 is 0 Å². The quantitative estimate of drug-likeness (QED) is 0.902. The number of amides is 1. The molecule has 1 N–H and O–H groups in total. The van der Waals surface area contributed by atoms with E-state index in [-0.39, 0.29) is 5.91 Å². The van der Waals surface area contributed by atoms with Crippen LogP contribution in [0.15, 0.2) is 30.3 Å². The predicted molar refractivity (Wildman–Crippen MR) is 88.6 cm³/mol. The van der Waals surface area contributed by atoms with Gasteiger partial charge in [-0.25, -0.2) is 0 Å². The fraction of sp³-hybridized carbons (Fsp3) is 0.611. The first-order valence-corrected chi connectivity index (χ1v) is 8.59. The van der Waals surface area contributed by atoms with Crippen LogP contribution in [-0.4, -0.2) is 54.5 Å². The van der Waals surface area contributed by atoms with Gasteiger partial charge in [0.05, 0.1) is 6.54 Å². The molecule has 22 heavy (non-hydrogen) atoms. The van der Waals surface area contributed by atoms with Crippen molar-refractivity contribution in [1.29, 1.82) is 0 Å². The minimum atomic E-state index is 0.270. The van der Waals surface area contributed by atoms with E-state index in [1.54, 1.807) is 0 Å². The first-order chi connectivity index (χ1) is 10.8. The molecule has 120 valence electrons. The van der Waals surface area contributed by atoms with Crippen LogP contribution in [-0.2, 0) is 11.3 Å². The Morgan fingerprint density at radius 2 is 1.73 bits per heavy atom. The van der Waals surface area contributed by atoms with Crippen molar-refractivity contribution >= 4 is 5.91 Å². The lowest BCUT2D eigenvalue weighted by Gasteiger charge is -2.35. The van der Waals surface area contributed by atoms with Crippen LogP contribution in [0.4, 0.5) is 0 Å². The molecule has 2 aliphatic rings. The molecule has 0 unspecified atom stereocenters. The lowest BCUT2D eigenvalue weighted by atomic mass is 10.2. The monoisotopic (exact) mass is 301 g/mol. The number of benzene rings is 1. The normalized spacial score (nSPS) is 20.5. The Bertz CT molecular complexity index is 462. The van der Waals surface area contributed by atoms with Crippen molar-refractivity contribution in [2.45, 2.75) is 38.3 Å². The van der Waals surface area contributed by atoms with Crippen molar-refractivity contribution in [3.8, 4) is 0 Å². The summed E-state index contributed by atoms with van der Waals surface area (Å²) in [7, 11) is 0. The van der Waals surface area contributed by atoms with E-state index in [0.717, 1.165) is 32.7 Å². The van der Waals surface area contributed by atoms with Gasteiger partial charge in [-0.3, -0.25) is 9.69 Å². The molecular formula is C18H27N3O. The Hall–Kier alpha value is -1.39. The van der Waals surface area contributed by atoms with Crippen molar-refractivity contribution in [3.63, 3.8) is 0 Å². The van der Waals surface area contributed by atoms with E-state index < -0.39 is 0 Å². The van der Waals surface area contributed by atoms with Crippen LogP contribution < -0.4 is 5.32 Å². The molecule has 3 rings (SSSR count). The molecule has 1 aliphatic carbocycles. The molecule has 4 heteroatoms. The number of carbonyl (C=O) groups is 1. The highest BCUT2D eigenvalue weighted by Crippen LogP contribution is 2.17. The van der Waals surface area contributed by atoms with Crippen LogP contribution in [0.5, 0.6) is 0 Å². The standard InChI is InChI=1S/C18H27N3O/c22-18(14-19-17-8-4-5-9-17)21-12-10-20(11-13-21)15-16-6-2-1-3-7-16/h1-3,6-7,17,19H,4-5,8-15H2. The van der Waals surface area contributed by atoms with Gasteiger partial charge >= 0.3 is 0 Å². The van der Waals surface area contributed by atoms with Crippen LogP contribution in [0.3, 0.4) is 0 Å². The second kappa shape index (κ2) is 7.75. The van der Waals surface area contributed by atoms with Gasteiger partial charge in [0, 0.05) is 38.8 Å². The Morgan fingerprint density at radius 3 is 2.41 bits per heavy atom. The van der Waals surface area contributed by atoms with Crippen LogP contribution in [0, 0.1) is 0 Å². The Morgan fingerprint density at radius 1 is 1.05 bits per heavy atom. The Balaban J connectivity index is 1.38. The van der Waals surface area contributed by atoms with Crippen molar-refractivity contribution in [2.75, 3.05) is 32.7 Å². The third-order valence-corrected chi connectivity index (χ3v) is 4.87. The minimum Gasteiger partial charge on any atom is -0.339 e. The summed E-state index contributed by atoms with van der Waals surface area (Å²) in [5.74, 6) is 0.270. The molecule has 1 saturated carbocycles. The average molecular weight is 301 g/mol. The molecule has 1 aromatic rings. The molecule has 4 nitrogen and oxygen atoms in total. The van der Waals surface area contributed by atoms with Crippen molar-refractivity contribution in [3.05, 3.63) is 35.9 Å². The van der Waals surface area contributed by atoms with Crippen molar-refractivity contribution < 1.29 is 4.79 Å². The molecule has 1 aliphatic heterocycles. The number of nitrogens with one attached hydrogen (secondary N) is 1. The lowest BCUT2D eigenvalue weighted by Crippen LogP contribution is -2.51. The summed E-state index contributed by atoms with van der Waals surface area (Å²) in [6.07, 6.45) is 5.09. The number of piperazine rings is 1. The molecule has 2 fully saturated rings. The fourth-order valence-corrected chi connectivity index (χ4v) is 3.47. The molecule has 0 radical (unpaired) electrons. The molecule has 0 atom stereocenters. The van der Waals surface area contributed by atoms with E-state index in [0.29, 0.717) is 12.6 Å². The van der Waals surface area contributed by atoms with Gasteiger partial charge in [0.15, 0.2) is 0 Å². The summed E-state index contributed by atoms with van der Waals surface area (Å²) in [4.78, 5) is 16.7. The SMILES string of the molecule is O=C(CNC1CCCC1)N1CCN(Cc2ccccc2)CC1. The zero-order valence-corrected chi connectivity index (χ0v) is 13.3. The topological polar surface area (TPSA) is 35.6 Å². The molecule has 0 spiro atoms. The average Bonchev–Trinajstić information content (AvgIpc) is 3.08. The summed E-state index contributed by atoms with van der Waals surface area (Å²) in [5.41, 5.74) is 1.35. The maximum Gasteiger partial charge on any atom is 0.236 e. The summed E-state index contributed by atoms with van der Waals surface area (Å²) >= 11 is 0. The largest absolute Gasteiger partial charge is 0.339 e. The highest BCUT2D eigenvalue weighted by atomic mass is 16.2. The third kappa shape index (κ3) is 4.31. The van der Waals surface area contributed by atoms with Gasteiger partial charge in [0.2, 0.25) is 5.91 Å². The molecule has 1 aromatic carbocycles. The summed E-state index contributed by atoms with van der Waals surface area (Å²) in [6.45, 7) is 5.18. The number of rotatable bonds is 5. The van der Waals surface area contributed by atoms with Gasteiger partial charge in [-0.05, 0) is 18.4 Å². The molecule has 0 aromatic heterocycles. The van der Waals surface area contributed by atoms with E-state index in [2.05, 4.69) is 40.5 Å². The molecule has 1 saturated heterocycles. The van der Waals surface area contributed by atoms with Crippen molar-refractivity contribution in [2.24, 2.45) is 0 Å². The van der Waals surface area contributed by atoms with Crippen LogP contribution in [0.1, 0.15) is 31.2 Å². The third-order valence-electron chi connectivity index (χ3n) is 4.87. The predicted octanol–water partition coefficient (Wildman–Crippen LogP) is 1.86. The van der Waals surface area contributed by atoms with E-state index in [4.69, 9.17) is 0 Å². The smallest absolute Gasteiger partial charge is 0.236 e. The molecular weight excluding hydrogens is 274 g/mol. The first kappa shape index (κ1) is 15.5. The van der Waals surface area contributed by atoms with Gasteiger partial charge in [-0.2, -0.15) is 0 Å². The Kier molecular flexibility index (Phi) is 5.46. The number of hydrogen-bond donors (Lipinski definition) is 1. The number of nitrogens with zero attached hydrogens (tertiary/aromatic N) is 2. The zero-order valence-electron chi connectivity index (χ0n) is 13.3. The van der Waals surface area contributed by atoms with E-state index in [9.17, 15) is 4.79 Å². The van der Waals surface area contributed by atoms with Gasteiger partial charge in [-0.15, -0.1) is 0 Å².